The molecule has 1 fully saturated rings. The Morgan fingerprint density at radius 2 is 1.61 bits per heavy atom. The van der Waals surface area contributed by atoms with Crippen molar-refractivity contribution in [2.45, 2.75) is 127 Å². The molecule has 1 heteroatoms. The number of rotatable bonds is 7. The van der Waals surface area contributed by atoms with Gasteiger partial charge in [-0.1, -0.05) is 164 Å². The van der Waals surface area contributed by atoms with Crippen LogP contribution in [0, 0.1) is 52.3 Å². The van der Waals surface area contributed by atoms with Gasteiger partial charge in [0.15, 0.2) is 0 Å². The summed E-state index contributed by atoms with van der Waals surface area (Å²) < 4.78 is 6.95. The van der Waals surface area contributed by atoms with Crippen LogP contribution in [-0.4, -0.2) is 0 Å². The van der Waals surface area contributed by atoms with Gasteiger partial charge in [0.05, 0.1) is 6.26 Å². The van der Waals surface area contributed by atoms with Gasteiger partial charge >= 0.3 is 0 Å². The molecule has 0 N–H and O–H groups in total. The lowest BCUT2D eigenvalue weighted by molar-refractivity contribution is 0.134. The fourth-order valence-electron chi connectivity index (χ4n) is 12.3. The Hall–Kier alpha value is -4.36. The van der Waals surface area contributed by atoms with Crippen molar-refractivity contribution in [1.29, 1.82) is 0 Å². The Morgan fingerprint density at radius 1 is 0.852 bits per heavy atom. The molecule has 1 heterocycles. The molecular formula is C60H72O. The van der Waals surface area contributed by atoms with Crippen LogP contribution >= 0.6 is 0 Å². The Morgan fingerprint density at radius 3 is 2.31 bits per heavy atom. The quantitative estimate of drug-likeness (QED) is 0.149. The molecule has 61 heavy (non-hydrogen) atoms. The molecule has 318 valence electrons. The van der Waals surface area contributed by atoms with Gasteiger partial charge in [-0.15, -0.1) is 0 Å². The van der Waals surface area contributed by atoms with Gasteiger partial charge in [-0.05, 0) is 162 Å². The van der Waals surface area contributed by atoms with Gasteiger partial charge in [0, 0.05) is 28.3 Å². The first-order chi connectivity index (χ1) is 29.1. The van der Waals surface area contributed by atoms with Crippen LogP contribution in [0.3, 0.4) is 0 Å². The summed E-state index contributed by atoms with van der Waals surface area (Å²) in [7, 11) is 0. The normalized spacial score (nSPS) is 26.0. The maximum Gasteiger partial charge on any atom is 0.143 e. The third-order valence-corrected chi connectivity index (χ3v) is 16.0. The number of hydrogen-bond donors (Lipinski definition) is 0. The second-order valence-corrected chi connectivity index (χ2v) is 22.7. The minimum atomic E-state index is 0.230. The van der Waals surface area contributed by atoms with Crippen molar-refractivity contribution in [3.05, 3.63) is 142 Å². The van der Waals surface area contributed by atoms with Crippen molar-refractivity contribution in [1.82, 2.24) is 0 Å². The van der Waals surface area contributed by atoms with Crippen LogP contribution in [0.25, 0.3) is 44.4 Å². The van der Waals surface area contributed by atoms with Crippen LogP contribution in [0.15, 0.2) is 125 Å². The zero-order valence-corrected chi connectivity index (χ0v) is 39.3. The Balaban J connectivity index is 1.19. The largest absolute Gasteiger partial charge is 0.463 e. The standard InChI is InChI=1S/C60H72O/c1-36-27-44(32-50-38(3)29-46(30-39(50)4)60(9,10)11)47-23-24-48(41-17-13-12-14-18-41)56-54(51(33-45(47)28-36)42-19-15-16-20-42)34-53-49-22-21-43(40(5)37(2)25-26-59(6,7)8)31-52(49)55-35-61-58(56)57(53)55/h12-22,24-25,31,33-36,38,40,42,44-47H,23,26-30,32H2,1-11H3. The summed E-state index contributed by atoms with van der Waals surface area (Å²) in [5.74, 6) is 4.45. The SMILES string of the molecule is CC(=CCC(C)(C)C)C(C)c1ccc2c(c1)-c1coc3c4c(cc-2c13)C(C1C=CC=C1)=CC1CC(C)CC(CC2=C(C)CC(C(C)(C)C)CC2C)C1CC=C4c1ccccc1. The summed E-state index contributed by atoms with van der Waals surface area (Å²) in [6.07, 6.45) is 27.9. The van der Waals surface area contributed by atoms with Crippen molar-refractivity contribution in [3.63, 3.8) is 0 Å². The van der Waals surface area contributed by atoms with Gasteiger partial charge in [-0.3, -0.25) is 0 Å². The van der Waals surface area contributed by atoms with E-state index in [0.717, 1.165) is 24.3 Å². The molecule has 5 aliphatic carbocycles. The van der Waals surface area contributed by atoms with Crippen molar-refractivity contribution >= 4 is 22.1 Å². The predicted octanol–water partition coefficient (Wildman–Crippen LogP) is 17.6. The Bertz CT molecular complexity index is 2490. The van der Waals surface area contributed by atoms with Crippen LogP contribution < -0.4 is 0 Å². The van der Waals surface area contributed by atoms with Crippen LogP contribution in [0.5, 0.6) is 0 Å². The molecule has 9 rings (SSSR count). The molecule has 0 radical (unpaired) electrons. The van der Waals surface area contributed by atoms with Gasteiger partial charge < -0.3 is 4.42 Å². The van der Waals surface area contributed by atoms with E-state index in [2.05, 4.69) is 180 Å². The van der Waals surface area contributed by atoms with Crippen molar-refractivity contribution in [2.24, 2.45) is 52.3 Å². The summed E-state index contributed by atoms with van der Waals surface area (Å²) in [5, 5.41) is 1.28. The van der Waals surface area contributed by atoms with Crippen LogP contribution in [0.4, 0.5) is 0 Å². The molecule has 0 spiro atoms. The summed E-state index contributed by atoms with van der Waals surface area (Å²) in [5.41, 5.74) is 19.9. The summed E-state index contributed by atoms with van der Waals surface area (Å²) in [6, 6.07) is 21.1. The smallest absolute Gasteiger partial charge is 0.143 e. The Labute approximate surface area is 368 Å². The molecule has 7 unspecified atom stereocenters. The van der Waals surface area contributed by atoms with E-state index >= 15 is 0 Å². The molecule has 4 aromatic rings. The minimum absolute atomic E-state index is 0.230. The number of allylic oxidation sites excluding steroid dienone is 11. The van der Waals surface area contributed by atoms with Gasteiger partial charge in [-0.2, -0.15) is 0 Å². The van der Waals surface area contributed by atoms with Crippen LogP contribution in [0.2, 0.25) is 0 Å². The molecule has 1 saturated carbocycles. The lowest BCUT2D eigenvalue weighted by Crippen LogP contribution is -2.33. The first-order valence-electron chi connectivity index (χ1n) is 24.0. The van der Waals surface area contributed by atoms with E-state index in [0.29, 0.717) is 40.9 Å². The van der Waals surface area contributed by atoms with Gasteiger partial charge in [-0.25, -0.2) is 0 Å². The number of benzene rings is 3. The highest BCUT2D eigenvalue weighted by molar-refractivity contribution is 6.18. The number of furan rings is 1. The Kier molecular flexibility index (Phi) is 11.1. The van der Waals surface area contributed by atoms with Gasteiger partial charge in [0.1, 0.15) is 5.58 Å². The molecule has 0 amide bonds. The van der Waals surface area contributed by atoms with Crippen molar-refractivity contribution in [2.75, 3.05) is 0 Å². The molecule has 5 aliphatic rings. The van der Waals surface area contributed by atoms with Crippen molar-refractivity contribution in [3.8, 4) is 22.3 Å². The van der Waals surface area contributed by atoms with E-state index in [-0.39, 0.29) is 11.3 Å². The van der Waals surface area contributed by atoms with E-state index < -0.39 is 0 Å². The maximum atomic E-state index is 6.95. The van der Waals surface area contributed by atoms with E-state index in [9.17, 15) is 0 Å². The summed E-state index contributed by atoms with van der Waals surface area (Å²) in [4.78, 5) is 0. The van der Waals surface area contributed by atoms with Gasteiger partial charge in [0.25, 0.3) is 0 Å². The lowest BCUT2D eigenvalue weighted by Gasteiger charge is -2.44. The third-order valence-electron chi connectivity index (χ3n) is 16.0. The zero-order valence-electron chi connectivity index (χ0n) is 39.3. The first-order valence-corrected chi connectivity index (χ1v) is 24.0. The second kappa shape index (κ2) is 16.1. The first kappa shape index (κ1) is 42.0. The summed E-state index contributed by atoms with van der Waals surface area (Å²) >= 11 is 0. The molecule has 3 aromatic carbocycles. The average Bonchev–Trinajstić information content (AvgIpc) is 3.98. The second-order valence-electron chi connectivity index (χ2n) is 22.7. The predicted molar refractivity (Wildman–Crippen MR) is 262 cm³/mol. The molecule has 1 aromatic heterocycles. The highest BCUT2D eigenvalue weighted by Gasteiger charge is 2.40. The van der Waals surface area contributed by atoms with E-state index in [1.165, 1.54) is 98.7 Å². The lowest BCUT2D eigenvalue weighted by atomic mass is 9.61. The van der Waals surface area contributed by atoms with Crippen LogP contribution in [0.1, 0.15) is 149 Å². The molecule has 0 aliphatic heterocycles. The topological polar surface area (TPSA) is 13.1 Å². The van der Waals surface area contributed by atoms with Crippen molar-refractivity contribution < 1.29 is 4.42 Å². The fourth-order valence-corrected chi connectivity index (χ4v) is 12.3. The van der Waals surface area contributed by atoms with Crippen LogP contribution in [-0.2, 0) is 0 Å². The zero-order chi connectivity index (χ0) is 43.0. The maximum absolute atomic E-state index is 6.95. The summed E-state index contributed by atoms with van der Waals surface area (Å²) in [6.45, 7) is 26.6. The van der Waals surface area contributed by atoms with Gasteiger partial charge in [0.2, 0.25) is 0 Å². The van der Waals surface area contributed by atoms with E-state index in [4.69, 9.17) is 4.42 Å². The minimum Gasteiger partial charge on any atom is -0.463 e. The highest BCUT2D eigenvalue weighted by atomic mass is 16.3. The van der Waals surface area contributed by atoms with E-state index in [1.54, 1.807) is 11.1 Å². The van der Waals surface area contributed by atoms with E-state index in [1.807, 2.05) is 0 Å². The number of hydrogen-bond acceptors (Lipinski definition) is 1. The number of fused-ring (bicyclic) bond motifs is 6. The molecular weight excluding hydrogens is 737 g/mol. The molecule has 1 nitrogen and oxygen atoms in total. The monoisotopic (exact) mass is 809 g/mol. The molecule has 7 atom stereocenters. The molecule has 0 saturated heterocycles. The average molecular weight is 809 g/mol. The highest BCUT2D eigenvalue weighted by Crippen LogP contribution is 2.56. The third kappa shape index (κ3) is 7.98. The molecule has 0 bridgehead atoms. The fraction of sp³-hybridized carbons (Fsp3) is 0.467.